The molecule has 0 N–H and O–H groups in total. The van der Waals surface area contributed by atoms with Gasteiger partial charge in [-0.2, -0.15) is 11.8 Å². The molecule has 0 aromatic heterocycles. The van der Waals surface area contributed by atoms with Crippen molar-refractivity contribution in [2.45, 2.75) is 26.3 Å². The van der Waals surface area contributed by atoms with Crippen LogP contribution >= 0.6 is 27.7 Å². The van der Waals surface area contributed by atoms with Gasteiger partial charge in [0.1, 0.15) is 0 Å². The van der Waals surface area contributed by atoms with Crippen molar-refractivity contribution >= 4 is 39.2 Å². The van der Waals surface area contributed by atoms with E-state index in [-0.39, 0.29) is 5.78 Å². The molecule has 0 saturated heterocycles. The first-order valence-electron chi connectivity index (χ1n) is 5.99. The van der Waals surface area contributed by atoms with Crippen LogP contribution in [0.25, 0.3) is 0 Å². The Morgan fingerprint density at radius 3 is 2.72 bits per heavy atom. The molecule has 0 aliphatic heterocycles. The quantitative estimate of drug-likeness (QED) is 0.728. The van der Waals surface area contributed by atoms with Crippen LogP contribution in [0.3, 0.4) is 0 Å². The zero-order chi connectivity index (χ0) is 13.7. The van der Waals surface area contributed by atoms with Gasteiger partial charge in [-0.1, -0.05) is 15.9 Å². The fourth-order valence-corrected chi connectivity index (χ4v) is 2.74. The number of nitrogens with zero attached hydrogens (tertiary/aromatic N) is 1. The van der Waals surface area contributed by atoms with Gasteiger partial charge in [0.25, 0.3) is 0 Å². The highest BCUT2D eigenvalue weighted by Crippen LogP contribution is 2.27. The number of carbonyl (C=O) groups is 1. The van der Waals surface area contributed by atoms with Crippen LogP contribution in [0.1, 0.15) is 30.6 Å². The van der Waals surface area contributed by atoms with Gasteiger partial charge in [-0.25, -0.2) is 0 Å². The van der Waals surface area contributed by atoms with Gasteiger partial charge in [0, 0.05) is 28.8 Å². The monoisotopic (exact) mass is 329 g/mol. The highest BCUT2D eigenvalue weighted by Gasteiger charge is 2.16. The van der Waals surface area contributed by atoms with Gasteiger partial charge in [0.05, 0.1) is 0 Å². The van der Waals surface area contributed by atoms with E-state index in [1.165, 1.54) is 0 Å². The molecule has 0 heterocycles. The lowest BCUT2D eigenvalue weighted by atomic mass is 10.1. The van der Waals surface area contributed by atoms with Gasteiger partial charge in [-0.3, -0.25) is 4.79 Å². The summed E-state index contributed by atoms with van der Waals surface area (Å²) in [7, 11) is 2.05. The van der Waals surface area contributed by atoms with Crippen LogP contribution in [-0.4, -0.2) is 30.9 Å². The Morgan fingerprint density at radius 2 is 2.17 bits per heavy atom. The predicted molar refractivity (Wildman–Crippen MR) is 85.0 cm³/mol. The van der Waals surface area contributed by atoms with Gasteiger partial charge in [-0.05, 0) is 50.5 Å². The molecule has 1 unspecified atom stereocenters. The smallest absolute Gasteiger partial charge is 0.161 e. The van der Waals surface area contributed by atoms with E-state index < -0.39 is 0 Å². The van der Waals surface area contributed by atoms with Crippen molar-refractivity contribution in [2.24, 2.45) is 0 Å². The van der Waals surface area contributed by atoms with E-state index in [1.54, 1.807) is 6.92 Å². The molecule has 0 spiro atoms. The summed E-state index contributed by atoms with van der Waals surface area (Å²) in [6.07, 6.45) is 3.23. The van der Waals surface area contributed by atoms with E-state index in [4.69, 9.17) is 0 Å². The molecule has 1 rings (SSSR count). The number of hydrogen-bond acceptors (Lipinski definition) is 3. The maximum atomic E-state index is 11.7. The van der Waals surface area contributed by atoms with E-state index in [9.17, 15) is 4.79 Å². The lowest BCUT2D eigenvalue weighted by Crippen LogP contribution is -2.30. The molecule has 0 saturated carbocycles. The van der Waals surface area contributed by atoms with Gasteiger partial charge in [0.15, 0.2) is 5.78 Å². The third-order valence-corrected chi connectivity index (χ3v) is 4.26. The molecule has 0 bridgehead atoms. The van der Waals surface area contributed by atoms with Crippen molar-refractivity contribution in [3.63, 3.8) is 0 Å². The maximum Gasteiger partial charge on any atom is 0.161 e. The fraction of sp³-hybridized carbons (Fsp3) is 0.500. The Labute approximate surface area is 122 Å². The summed E-state index contributed by atoms with van der Waals surface area (Å²) < 4.78 is 1.01. The minimum atomic E-state index is 0.112. The summed E-state index contributed by atoms with van der Waals surface area (Å²) in [5.74, 6) is 1.25. The molecule has 0 fully saturated rings. The number of anilines is 1. The number of ketones is 1. The van der Waals surface area contributed by atoms with Crippen LogP contribution in [0.5, 0.6) is 0 Å². The fourth-order valence-electron chi connectivity index (χ4n) is 1.81. The molecule has 1 aromatic rings. The van der Waals surface area contributed by atoms with Gasteiger partial charge in [-0.15, -0.1) is 0 Å². The summed E-state index contributed by atoms with van der Waals surface area (Å²) in [5, 5.41) is 0. The Kier molecular flexibility index (Phi) is 6.22. The standard InChI is InChI=1S/C14H20BrNOS/c1-10(7-8-18-4)16(3)14-9-12(15)5-6-13(14)11(2)17/h5-6,9-10H,7-8H2,1-4H3. The van der Waals surface area contributed by atoms with Crippen molar-refractivity contribution in [3.05, 3.63) is 28.2 Å². The number of hydrogen-bond donors (Lipinski definition) is 0. The second kappa shape index (κ2) is 7.19. The lowest BCUT2D eigenvalue weighted by Gasteiger charge is -2.28. The number of carbonyl (C=O) groups excluding carboxylic acids is 1. The number of Topliss-reactive ketones (excluding diaryl/α,β-unsaturated/α-hetero) is 1. The first kappa shape index (κ1) is 15.6. The van der Waals surface area contributed by atoms with Crippen LogP contribution in [-0.2, 0) is 0 Å². The van der Waals surface area contributed by atoms with E-state index in [0.717, 1.165) is 27.9 Å². The van der Waals surface area contributed by atoms with Crippen molar-refractivity contribution in [1.29, 1.82) is 0 Å². The third-order valence-electron chi connectivity index (χ3n) is 3.12. The first-order chi connectivity index (χ1) is 8.47. The Bertz CT molecular complexity index is 422. The SMILES string of the molecule is CSCCC(C)N(C)c1cc(Br)ccc1C(C)=O. The summed E-state index contributed by atoms with van der Waals surface area (Å²) in [4.78, 5) is 13.9. The molecular formula is C14H20BrNOS. The van der Waals surface area contributed by atoms with Gasteiger partial charge < -0.3 is 4.90 Å². The number of thioether (sulfide) groups is 1. The summed E-state index contributed by atoms with van der Waals surface area (Å²) in [6.45, 7) is 3.81. The van der Waals surface area contributed by atoms with Crippen LogP contribution in [0, 0.1) is 0 Å². The largest absolute Gasteiger partial charge is 0.371 e. The maximum absolute atomic E-state index is 11.7. The van der Waals surface area contributed by atoms with Crippen molar-refractivity contribution in [2.75, 3.05) is 24.0 Å². The zero-order valence-corrected chi connectivity index (χ0v) is 13.8. The Morgan fingerprint density at radius 1 is 1.50 bits per heavy atom. The van der Waals surface area contributed by atoms with Crippen LogP contribution in [0.4, 0.5) is 5.69 Å². The van der Waals surface area contributed by atoms with Crippen molar-refractivity contribution < 1.29 is 4.79 Å². The zero-order valence-electron chi connectivity index (χ0n) is 11.4. The van der Waals surface area contributed by atoms with Gasteiger partial charge in [0.2, 0.25) is 0 Å². The Balaban J connectivity index is 2.99. The molecule has 18 heavy (non-hydrogen) atoms. The average Bonchev–Trinajstić information content (AvgIpc) is 2.34. The number of benzene rings is 1. The molecule has 0 aliphatic rings. The summed E-state index contributed by atoms with van der Waals surface area (Å²) >= 11 is 5.33. The van der Waals surface area contributed by atoms with Crippen LogP contribution in [0.15, 0.2) is 22.7 Å². The second-order valence-electron chi connectivity index (χ2n) is 4.46. The number of rotatable bonds is 6. The Hall–Kier alpha value is -0.480. The molecule has 0 amide bonds. The van der Waals surface area contributed by atoms with E-state index >= 15 is 0 Å². The molecule has 4 heteroatoms. The molecular weight excluding hydrogens is 310 g/mol. The van der Waals surface area contributed by atoms with Crippen LogP contribution in [0.2, 0.25) is 0 Å². The molecule has 2 nitrogen and oxygen atoms in total. The molecule has 0 aliphatic carbocycles. The highest BCUT2D eigenvalue weighted by atomic mass is 79.9. The minimum Gasteiger partial charge on any atom is -0.371 e. The van der Waals surface area contributed by atoms with E-state index in [0.29, 0.717) is 6.04 Å². The first-order valence-corrected chi connectivity index (χ1v) is 8.18. The number of halogens is 1. The topological polar surface area (TPSA) is 20.3 Å². The summed E-state index contributed by atoms with van der Waals surface area (Å²) in [6, 6.07) is 6.25. The molecule has 0 radical (unpaired) electrons. The second-order valence-corrected chi connectivity index (χ2v) is 6.36. The van der Waals surface area contributed by atoms with E-state index in [1.807, 2.05) is 30.0 Å². The van der Waals surface area contributed by atoms with E-state index in [2.05, 4.69) is 41.1 Å². The minimum absolute atomic E-state index is 0.112. The normalized spacial score (nSPS) is 12.3. The summed E-state index contributed by atoms with van der Waals surface area (Å²) in [5.41, 5.74) is 1.79. The van der Waals surface area contributed by atoms with Crippen LogP contribution < -0.4 is 4.90 Å². The van der Waals surface area contributed by atoms with Crippen molar-refractivity contribution in [1.82, 2.24) is 0 Å². The highest BCUT2D eigenvalue weighted by molar-refractivity contribution is 9.10. The lowest BCUT2D eigenvalue weighted by molar-refractivity contribution is 0.101. The molecule has 1 aromatic carbocycles. The average molecular weight is 330 g/mol. The molecule has 1 atom stereocenters. The molecule has 100 valence electrons. The third kappa shape index (κ3) is 4.02. The van der Waals surface area contributed by atoms with Crippen molar-refractivity contribution in [3.8, 4) is 0 Å². The predicted octanol–water partition coefficient (Wildman–Crippen LogP) is 4.23. The van der Waals surface area contributed by atoms with Gasteiger partial charge >= 0.3 is 0 Å².